The van der Waals surface area contributed by atoms with Crippen LogP contribution >= 0.6 is 11.8 Å². The van der Waals surface area contributed by atoms with Gasteiger partial charge in [0.15, 0.2) is 5.78 Å². The molecule has 1 atom stereocenters. The number of aryl methyl sites for hydroxylation is 2. The topological polar surface area (TPSA) is 70.1 Å². The highest BCUT2D eigenvalue weighted by Crippen LogP contribution is 2.51. The summed E-state index contributed by atoms with van der Waals surface area (Å²) < 4.78 is 13.8. The Morgan fingerprint density at radius 1 is 1.07 bits per heavy atom. The number of nitrogens with two attached hydrogens (primary N) is 1. The van der Waals surface area contributed by atoms with Crippen LogP contribution in [0.1, 0.15) is 60.4 Å². The maximum atomic E-state index is 13.9. The van der Waals surface area contributed by atoms with E-state index in [1.165, 1.54) is 28.2 Å². The fourth-order valence-electron chi connectivity index (χ4n) is 5.99. The van der Waals surface area contributed by atoms with E-state index < -0.39 is 5.92 Å². The minimum Gasteiger partial charge on any atom is -0.384 e. The molecule has 1 unspecified atom stereocenters. The summed E-state index contributed by atoms with van der Waals surface area (Å²) in [6.45, 7) is 10.4. The highest BCUT2D eigenvalue weighted by Gasteiger charge is 2.45. The van der Waals surface area contributed by atoms with Crippen molar-refractivity contribution >= 4 is 23.2 Å². The predicted molar refractivity (Wildman–Crippen MR) is 160 cm³/mol. The highest BCUT2D eigenvalue weighted by atomic mass is 32.2. The molecule has 0 radical (unpaired) electrons. The second-order valence-corrected chi connectivity index (χ2v) is 12.7. The van der Waals surface area contributed by atoms with Crippen LogP contribution in [0.3, 0.4) is 0 Å². The van der Waals surface area contributed by atoms with Crippen molar-refractivity contribution in [3.8, 4) is 6.07 Å². The van der Waals surface area contributed by atoms with E-state index in [1.807, 2.05) is 6.07 Å². The van der Waals surface area contributed by atoms with Crippen molar-refractivity contribution in [1.82, 2.24) is 0 Å². The van der Waals surface area contributed by atoms with Crippen LogP contribution in [0.4, 0.5) is 10.1 Å². The molecule has 204 valence electrons. The van der Waals surface area contributed by atoms with Gasteiger partial charge in [-0.2, -0.15) is 5.26 Å². The third kappa shape index (κ3) is 5.07. The number of ketones is 1. The van der Waals surface area contributed by atoms with Crippen LogP contribution in [0, 0.1) is 43.3 Å². The van der Waals surface area contributed by atoms with E-state index >= 15 is 0 Å². The van der Waals surface area contributed by atoms with Gasteiger partial charge in [0, 0.05) is 34.0 Å². The fraction of sp³-hybridized carbons (Fsp3) is 0.294. The second-order valence-electron chi connectivity index (χ2n) is 11.6. The van der Waals surface area contributed by atoms with Crippen LogP contribution in [-0.4, -0.2) is 5.78 Å². The second kappa shape index (κ2) is 10.6. The van der Waals surface area contributed by atoms with Gasteiger partial charge in [-0.25, -0.2) is 4.39 Å². The van der Waals surface area contributed by atoms with E-state index in [0.717, 1.165) is 28.1 Å². The Balaban J connectivity index is 1.67. The number of Topliss-reactive ketones (excluding diaryl/α,β-unsaturated/α-hetero) is 1. The monoisotopic (exact) mass is 551 g/mol. The van der Waals surface area contributed by atoms with Crippen LogP contribution in [0.5, 0.6) is 0 Å². The summed E-state index contributed by atoms with van der Waals surface area (Å²) in [5.41, 5.74) is 14.4. The number of carbonyl (C=O) groups excluding carboxylic acids is 1. The molecule has 2 aliphatic rings. The molecule has 6 heteroatoms. The largest absolute Gasteiger partial charge is 0.384 e. The van der Waals surface area contributed by atoms with E-state index in [9.17, 15) is 14.4 Å². The lowest BCUT2D eigenvalue weighted by atomic mass is 9.68. The smallest absolute Gasteiger partial charge is 0.162 e. The lowest BCUT2D eigenvalue weighted by Gasteiger charge is -2.44. The van der Waals surface area contributed by atoms with Crippen LogP contribution in [0.15, 0.2) is 88.2 Å². The number of hydrogen-bond donors (Lipinski definition) is 1. The number of hydrogen-bond acceptors (Lipinski definition) is 5. The standard InChI is InChI=1S/C34H34FN3OS/c1-20-14-23(19-40-30-9-7-6-8-21(30)2)22(3)26(15-20)31-27(18-36)33(37)38(25-12-10-24(35)11-13-25)28-16-34(4,5)17-29(39)32(28)31/h6-15,31H,16-17,19,37H2,1-5H3. The average Bonchev–Trinajstić information content (AvgIpc) is 2.89. The van der Waals surface area contributed by atoms with Crippen LogP contribution in [0.2, 0.25) is 0 Å². The number of halogens is 1. The Bertz CT molecular complexity index is 1610. The molecule has 0 fully saturated rings. The molecule has 0 saturated carbocycles. The zero-order valence-corrected chi connectivity index (χ0v) is 24.5. The number of allylic oxidation sites excluding steroid dienone is 3. The predicted octanol–water partition coefficient (Wildman–Crippen LogP) is 7.98. The summed E-state index contributed by atoms with van der Waals surface area (Å²) in [5, 5.41) is 10.5. The zero-order chi connectivity index (χ0) is 28.8. The minimum atomic E-state index is -0.553. The first kappa shape index (κ1) is 27.7. The first-order chi connectivity index (χ1) is 19.0. The van der Waals surface area contributed by atoms with Gasteiger partial charge in [-0.3, -0.25) is 9.69 Å². The lowest BCUT2D eigenvalue weighted by molar-refractivity contribution is -0.118. The average molecular weight is 552 g/mol. The molecule has 3 aromatic carbocycles. The van der Waals surface area contributed by atoms with Crippen molar-refractivity contribution in [3.05, 3.63) is 117 Å². The number of thioether (sulfide) groups is 1. The number of carbonyl (C=O) groups is 1. The number of anilines is 1. The van der Waals surface area contributed by atoms with Crippen molar-refractivity contribution < 1.29 is 9.18 Å². The van der Waals surface area contributed by atoms with E-state index in [1.54, 1.807) is 28.8 Å². The first-order valence-electron chi connectivity index (χ1n) is 13.5. The molecule has 40 heavy (non-hydrogen) atoms. The Labute approximate surface area is 240 Å². The van der Waals surface area contributed by atoms with Gasteiger partial charge in [0.1, 0.15) is 11.6 Å². The zero-order valence-electron chi connectivity index (χ0n) is 23.6. The molecule has 0 spiro atoms. The van der Waals surface area contributed by atoms with Gasteiger partial charge < -0.3 is 5.73 Å². The van der Waals surface area contributed by atoms with Crippen LogP contribution in [-0.2, 0) is 10.5 Å². The number of nitrogens with zero attached hydrogens (tertiary/aromatic N) is 2. The Morgan fingerprint density at radius 2 is 1.77 bits per heavy atom. The first-order valence-corrected chi connectivity index (χ1v) is 14.5. The molecule has 1 aliphatic carbocycles. The minimum absolute atomic E-state index is 0.0281. The number of benzene rings is 3. The quantitative estimate of drug-likeness (QED) is 0.326. The van der Waals surface area contributed by atoms with Crippen molar-refractivity contribution in [1.29, 1.82) is 5.26 Å². The van der Waals surface area contributed by atoms with E-state index in [0.29, 0.717) is 35.5 Å². The van der Waals surface area contributed by atoms with Gasteiger partial charge in [-0.05, 0) is 85.2 Å². The van der Waals surface area contributed by atoms with Crippen LogP contribution in [0.25, 0.3) is 0 Å². The molecule has 0 aromatic heterocycles. The molecule has 5 rings (SSSR count). The fourth-order valence-corrected chi connectivity index (χ4v) is 7.07. The molecular formula is C34H34FN3OS. The third-order valence-electron chi connectivity index (χ3n) is 7.95. The summed E-state index contributed by atoms with van der Waals surface area (Å²) in [6, 6.07) is 21.0. The van der Waals surface area contributed by atoms with Gasteiger partial charge in [-0.1, -0.05) is 49.7 Å². The highest BCUT2D eigenvalue weighted by molar-refractivity contribution is 7.98. The lowest BCUT2D eigenvalue weighted by Crippen LogP contribution is -2.42. The van der Waals surface area contributed by atoms with E-state index in [4.69, 9.17) is 5.73 Å². The third-order valence-corrected chi connectivity index (χ3v) is 9.18. The Morgan fingerprint density at radius 3 is 2.45 bits per heavy atom. The van der Waals surface area contributed by atoms with Gasteiger partial charge in [0.2, 0.25) is 0 Å². The van der Waals surface area contributed by atoms with Gasteiger partial charge in [-0.15, -0.1) is 11.8 Å². The molecule has 2 N–H and O–H groups in total. The Kier molecular flexibility index (Phi) is 7.37. The molecule has 3 aromatic rings. The molecule has 0 saturated heterocycles. The summed E-state index contributed by atoms with van der Waals surface area (Å²) in [5.74, 6) is 0.179. The molecule has 1 aliphatic heterocycles. The van der Waals surface area contributed by atoms with Crippen LogP contribution < -0.4 is 10.6 Å². The summed E-state index contributed by atoms with van der Waals surface area (Å²) in [7, 11) is 0. The van der Waals surface area contributed by atoms with Gasteiger partial charge in [0.05, 0.1) is 17.6 Å². The number of nitriles is 1. The Hall–Kier alpha value is -3.82. The maximum absolute atomic E-state index is 13.9. The number of rotatable bonds is 5. The normalized spacial score (nSPS) is 18.6. The summed E-state index contributed by atoms with van der Waals surface area (Å²) >= 11 is 1.79. The van der Waals surface area contributed by atoms with Crippen molar-refractivity contribution in [2.75, 3.05) is 4.90 Å². The molecule has 0 bridgehead atoms. The van der Waals surface area contributed by atoms with Crippen molar-refractivity contribution in [3.63, 3.8) is 0 Å². The molecule has 1 heterocycles. The van der Waals surface area contributed by atoms with E-state index in [-0.39, 0.29) is 17.0 Å². The molecular weight excluding hydrogens is 517 g/mol. The van der Waals surface area contributed by atoms with E-state index in [2.05, 4.69) is 71.0 Å². The molecule has 0 amide bonds. The van der Waals surface area contributed by atoms with Crippen molar-refractivity contribution in [2.45, 2.75) is 64.0 Å². The maximum Gasteiger partial charge on any atom is 0.162 e. The van der Waals surface area contributed by atoms with Gasteiger partial charge in [0.25, 0.3) is 0 Å². The molecule has 4 nitrogen and oxygen atoms in total. The SMILES string of the molecule is Cc1cc(CSc2ccccc2C)c(C)c(C2C(C#N)=C(N)N(c3ccc(F)cc3)C3=C2C(=O)CC(C)(C)C3)c1. The van der Waals surface area contributed by atoms with Crippen molar-refractivity contribution in [2.24, 2.45) is 11.1 Å². The summed E-state index contributed by atoms with van der Waals surface area (Å²) in [6.07, 6.45) is 1.00. The summed E-state index contributed by atoms with van der Waals surface area (Å²) in [4.78, 5) is 17.0. The van der Waals surface area contributed by atoms with Gasteiger partial charge >= 0.3 is 0 Å².